The summed E-state index contributed by atoms with van der Waals surface area (Å²) in [5, 5.41) is 2.48. The Morgan fingerprint density at radius 2 is 1.93 bits per heavy atom. The number of hydrogen-bond donors (Lipinski definition) is 2. The van der Waals surface area contributed by atoms with Crippen LogP contribution in [0.15, 0.2) is 41.3 Å². The van der Waals surface area contributed by atoms with Crippen LogP contribution in [0.1, 0.15) is 46.0 Å². The van der Waals surface area contributed by atoms with Gasteiger partial charge in [-0.1, -0.05) is 19.1 Å². The average Bonchev–Trinajstić information content (AvgIpc) is 3.42. The Balaban J connectivity index is 0.00000320. The fourth-order valence-electron chi connectivity index (χ4n) is 3.31. The van der Waals surface area contributed by atoms with Gasteiger partial charge in [0.05, 0.1) is 6.54 Å². The van der Waals surface area contributed by atoms with E-state index < -0.39 is 11.5 Å². The van der Waals surface area contributed by atoms with E-state index in [1.54, 1.807) is 18.3 Å². The highest BCUT2D eigenvalue weighted by Crippen LogP contribution is 2.41. The van der Waals surface area contributed by atoms with Gasteiger partial charge in [0, 0.05) is 31.8 Å². The smallest absolute Gasteiger partial charge is 0.263 e. The number of nitrogens with two attached hydrogens (primary N) is 1. The van der Waals surface area contributed by atoms with Crippen molar-refractivity contribution in [3.05, 3.63) is 63.6 Å². The first-order chi connectivity index (χ1) is 13.9. The second-order valence-corrected chi connectivity index (χ2v) is 7.54. The number of aromatic nitrogens is 1. The van der Waals surface area contributed by atoms with Crippen molar-refractivity contribution in [2.24, 2.45) is 17.6 Å². The Hall–Kier alpha value is -2.64. The molecule has 162 valence electrons. The Morgan fingerprint density at radius 3 is 2.50 bits per heavy atom. The summed E-state index contributed by atoms with van der Waals surface area (Å²) < 4.78 is 6.88. The number of rotatable bonds is 9. The van der Waals surface area contributed by atoms with Gasteiger partial charge in [-0.25, -0.2) is 0 Å². The highest BCUT2D eigenvalue weighted by molar-refractivity contribution is 6.00. The number of pyridine rings is 1. The first kappa shape index (κ1) is 23.6. The van der Waals surface area contributed by atoms with Gasteiger partial charge in [0.2, 0.25) is 0 Å². The molecule has 3 N–H and O–H groups in total. The minimum atomic E-state index is -0.497. The maximum Gasteiger partial charge on any atom is 0.263 e. The van der Waals surface area contributed by atoms with Crippen LogP contribution in [0.4, 0.5) is 0 Å². The van der Waals surface area contributed by atoms with E-state index >= 15 is 0 Å². The molecule has 2 atom stereocenters. The molecule has 8 heteroatoms. The number of benzene rings is 1. The number of carbonyl (C=O) groups excluding carboxylic acids is 2. The van der Waals surface area contributed by atoms with Crippen molar-refractivity contribution in [2.45, 2.75) is 26.3 Å². The Kier molecular flexibility index (Phi) is 8.20. The topological polar surface area (TPSA) is 103 Å². The van der Waals surface area contributed by atoms with Crippen LogP contribution in [-0.2, 0) is 6.54 Å². The molecule has 2 aromatic rings. The zero-order chi connectivity index (χ0) is 21.0. The van der Waals surface area contributed by atoms with E-state index in [0.29, 0.717) is 42.7 Å². The maximum absolute atomic E-state index is 12.8. The van der Waals surface area contributed by atoms with Crippen molar-refractivity contribution >= 4 is 24.1 Å². The summed E-state index contributed by atoms with van der Waals surface area (Å²) in [5.41, 5.74) is 6.23. The normalized spacial score (nSPS) is 17.0. The molecule has 0 spiro atoms. The van der Waals surface area contributed by atoms with Crippen LogP contribution < -0.4 is 21.3 Å². The monoisotopic (exact) mass is 433 g/mol. The number of ketones is 1. The lowest BCUT2D eigenvalue weighted by Crippen LogP contribution is -2.32. The van der Waals surface area contributed by atoms with Gasteiger partial charge in [0.25, 0.3) is 11.5 Å². The van der Waals surface area contributed by atoms with E-state index in [1.165, 1.54) is 17.7 Å². The van der Waals surface area contributed by atoms with Crippen LogP contribution in [0.5, 0.6) is 5.75 Å². The minimum absolute atomic E-state index is 0. The second-order valence-electron chi connectivity index (χ2n) is 7.54. The molecule has 1 aromatic carbocycles. The lowest BCUT2D eigenvalue weighted by Gasteiger charge is -2.12. The Bertz CT molecular complexity index is 956. The van der Waals surface area contributed by atoms with Crippen LogP contribution in [-0.4, -0.2) is 36.5 Å². The molecular formula is C22H28ClN3O4. The zero-order valence-electron chi connectivity index (χ0n) is 17.2. The molecule has 0 bridgehead atoms. The highest BCUT2D eigenvalue weighted by atomic mass is 35.5. The van der Waals surface area contributed by atoms with Crippen LogP contribution in [0.25, 0.3) is 0 Å². The highest BCUT2D eigenvalue weighted by Gasteiger charge is 2.34. The van der Waals surface area contributed by atoms with E-state index in [2.05, 4.69) is 12.2 Å². The zero-order valence-corrected chi connectivity index (χ0v) is 18.0. The number of halogens is 1. The van der Waals surface area contributed by atoms with Crippen LogP contribution in [0.2, 0.25) is 0 Å². The van der Waals surface area contributed by atoms with E-state index in [1.807, 2.05) is 12.1 Å². The Morgan fingerprint density at radius 1 is 1.27 bits per heavy atom. The molecule has 0 saturated heterocycles. The van der Waals surface area contributed by atoms with Gasteiger partial charge in [-0.05, 0) is 42.0 Å². The van der Waals surface area contributed by atoms with Gasteiger partial charge < -0.3 is 20.4 Å². The molecule has 1 fully saturated rings. The van der Waals surface area contributed by atoms with Gasteiger partial charge in [-0.2, -0.15) is 0 Å². The van der Waals surface area contributed by atoms with E-state index in [0.717, 1.165) is 12.0 Å². The van der Waals surface area contributed by atoms with Gasteiger partial charge in [-0.3, -0.25) is 14.4 Å². The predicted octanol–water partition coefficient (Wildman–Crippen LogP) is 2.24. The molecule has 1 amide bonds. The van der Waals surface area contributed by atoms with Crippen molar-refractivity contribution in [1.29, 1.82) is 0 Å². The summed E-state index contributed by atoms with van der Waals surface area (Å²) in [5.74, 6) is 1.11. The number of amides is 1. The maximum atomic E-state index is 12.8. The number of nitrogens with zero attached hydrogens (tertiary/aromatic N) is 1. The SMILES string of the molecule is CNC(=O)c1cc(C(=O)C[C@H]2C[C@@H]2C)cn(Cc2ccc(OCCN)cc2)c1=O.Cl. The molecule has 1 aliphatic carbocycles. The first-order valence-corrected chi connectivity index (χ1v) is 9.84. The summed E-state index contributed by atoms with van der Waals surface area (Å²) in [7, 11) is 1.46. The molecule has 0 unspecified atom stereocenters. The third-order valence-electron chi connectivity index (χ3n) is 5.27. The molecule has 7 nitrogen and oxygen atoms in total. The fraction of sp³-hybridized carbons (Fsp3) is 0.409. The average molecular weight is 434 g/mol. The van der Waals surface area contributed by atoms with Crippen molar-refractivity contribution in [1.82, 2.24) is 9.88 Å². The summed E-state index contributed by atoms with van der Waals surface area (Å²) in [4.78, 5) is 37.7. The van der Waals surface area contributed by atoms with Gasteiger partial charge in [-0.15, -0.1) is 12.4 Å². The van der Waals surface area contributed by atoms with Gasteiger partial charge >= 0.3 is 0 Å². The fourth-order valence-corrected chi connectivity index (χ4v) is 3.31. The van der Waals surface area contributed by atoms with Crippen molar-refractivity contribution < 1.29 is 14.3 Å². The third kappa shape index (κ3) is 5.70. The van der Waals surface area contributed by atoms with Crippen LogP contribution >= 0.6 is 12.4 Å². The largest absolute Gasteiger partial charge is 0.492 e. The van der Waals surface area contributed by atoms with Crippen molar-refractivity contribution in [3.8, 4) is 5.75 Å². The quantitative estimate of drug-likeness (QED) is 0.590. The molecule has 1 heterocycles. The van der Waals surface area contributed by atoms with Gasteiger partial charge in [0.1, 0.15) is 17.9 Å². The van der Waals surface area contributed by atoms with Crippen molar-refractivity contribution in [2.75, 3.05) is 20.2 Å². The number of nitrogens with one attached hydrogen (secondary N) is 1. The summed E-state index contributed by atoms with van der Waals surface area (Å²) >= 11 is 0. The van der Waals surface area contributed by atoms with E-state index in [-0.39, 0.29) is 30.3 Å². The molecule has 3 rings (SSSR count). The molecule has 0 radical (unpaired) electrons. The van der Waals surface area contributed by atoms with Crippen molar-refractivity contribution in [3.63, 3.8) is 0 Å². The van der Waals surface area contributed by atoms with E-state index in [4.69, 9.17) is 10.5 Å². The minimum Gasteiger partial charge on any atom is -0.492 e. The lowest BCUT2D eigenvalue weighted by molar-refractivity contribution is 0.0961. The number of ether oxygens (including phenoxy) is 1. The summed E-state index contributed by atoms with van der Waals surface area (Å²) in [6, 6.07) is 8.71. The van der Waals surface area contributed by atoms with E-state index in [9.17, 15) is 14.4 Å². The molecular weight excluding hydrogens is 406 g/mol. The first-order valence-electron chi connectivity index (χ1n) is 9.84. The number of carbonyl (C=O) groups is 2. The molecule has 1 aromatic heterocycles. The summed E-state index contributed by atoms with van der Waals surface area (Å²) in [6.07, 6.45) is 3.05. The second kappa shape index (κ2) is 10.4. The van der Waals surface area contributed by atoms with Gasteiger partial charge in [0.15, 0.2) is 5.78 Å². The molecule has 0 aliphatic heterocycles. The third-order valence-corrected chi connectivity index (χ3v) is 5.27. The Labute approximate surface area is 182 Å². The van der Waals surface area contributed by atoms with Crippen LogP contribution in [0, 0.1) is 11.8 Å². The molecule has 1 aliphatic rings. The van der Waals surface area contributed by atoms with Crippen LogP contribution in [0.3, 0.4) is 0 Å². The molecule has 1 saturated carbocycles. The molecule has 30 heavy (non-hydrogen) atoms. The lowest BCUT2D eigenvalue weighted by atomic mass is 10.0. The number of Topliss-reactive ketones (excluding diaryl/α,β-unsaturated/α-hetero) is 1. The predicted molar refractivity (Wildman–Crippen MR) is 118 cm³/mol. The number of hydrogen-bond acceptors (Lipinski definition) is 5. The summed E-state index contributed by atoms with van der Waals surface area (Å²) in [6.45, 7) is 3.23. The standard InChI is InChI=1S/C22H27N3O4.ClH/c1-14-9-16(14)11-20(26)17-10-19(21(27)24-2)22(28)25(13-17)12-15-3-5-18(6-4-15)29-8-7-23;/h3-6,10,13-14,16H,7-9,11-12,23H2,1-2H3,(H,24,27);1H/t14-,16+;/m0./s1.